The third-order valence-corrected chi connectivity index (χ3v) is 0. The van der Waals surface area contributed by atoms with Crippen molar-refractivity contribution in [3.8, 4) is 0 Å². The average molecular weight is 244 g/mol. The van der Waals surface area contributed by atoms with Crippen molar-refractivity contribution < 1.29 is 36.1 Å². The summed E-state index contributed by atoms with van der Waals surface area (Å²) in [7, 11) is 0. The van der Waals surface area contributed by atoms with Crippen molar-refractivity contribution in [1.82, 2.24) is 0 Å². The average Bonchev–Trinajstić information content (AvgIpc) is 0.811. The first kappa shape index (κ1) is 8.88. The molecule has 0 radical (unpaired) electrons. The number of hydrogen-bond donors (Lipinski definition) is 0. The predicted octanol–water partition coefficient (Wildman–Crippen LogP) is -2.45. The first-order valence-electron chi connectivity index (χ1n) is 0.612. The van der Waals surface area contributed by atoms with Crippen LogP contribution in [0.15, 0.2) is 0 Å². The summed E-state index contributed by atoms with van der Waals surface area (Å²) in [4.78, 5) is 8.33. The fourth-order valence-electron chi connectivity index (χ4n) is 0. The number of carboxylic acid groups (broad SMARTS) is 2. The predicted molar refractivity (Wildman–Crippen MR) is 5.40 cm³/mol. The fraction of sp³-hybridized carbons (Fsp3) is 0. The van der Waals surface area contributed by atoms with E-state index in [1.54, 1.807) is 0 Å². The molecule has 28 valence electrons. The van der Waals surface area contributed by atoms with Crippen LogP contribution >= 0.6 is 0 Å². The van der Waals surface area contributed by atoms with Crippen molar-refractivity contribution in [3.63, 3.8) is 0 Å². The SMILES string of the molecule is O=C([O-])[O-].[W+2]. The molecule has 0 unspecified atom stereocenters. The zero-order chi connectivity index (χ0) is 3.58. The maximum absolute atomic E-state index is 8.33. The minimum absolute atomic E-state index is 0. The summed E-state index contributed by atoms with van der Waals surface area (Å²) in [5.41, 5.74) is 0. The minimum Gasteiger partial charge on any atom is -0.652 e. The van der Waals surface area contributed by atoms with Crippen LogP contribution in [0.5, 0.6) is 0 Å². The van der Waals surface area contributed by atoms with Crippen molar-refractivity contribution in [3.05, 3.63) is 0 Å². The molecule has 0 saturated heterocycles. The van der Waals surface area contributed by atoms with Gasteiger partial charge in [-0.15, -0.1) is 0 Å². The van der Waals surface area contributed by atoms with Crippen LogP contribution in [-0.4, -0.2) is 6.16 Å². The molecule has 0 aromatic rings. The molecule has 0 fully saturated rings. The summed E-state index contributed by atoms with van der Waals surface area (Å²) in [6.45, 7) is 0. The Morgan fingerprint density at radius 3 is 1.40 bits per heavy atom. The number of rotatable bonds is 0. The van der Waals surface area contributed by atoms with Crippen molar-refractivity contribution in [1.29, 1.82) is 0 Å². The summed E-state index contributed by atoms with van der Waals surface area (Å²) in [6, 6.07) is 0. The second-order valence-electron chi connectivity index (χ2n) is 0.250. The molecule has 0 amide bonds. The van der Waals surface area contributed by atoms with E-state index in [0.717, 1.165) is 0 Å². The van der Waals surface area contributed by atoms with E-state index in [-0.39, 0.29) is 21.1 Å². The summed E-state index contributed by atoms with van der Waals surface area (Å²) in [5, 5.41) is 16.7. The van der Waals surface area contributed by atoms with E-state index in [2.05, 4.69) is 0 Å². The Bertz CT molecular complexity index is 29.9. The molecule has 0 aliphatic rings. The van der Waals surface area contributed by atoms with Crippen molar-refractivity contribution in [2.24, 2.45) is 0 Å². The van der Waals surface area contributed by atoms with Crippen LogP contribution in [0.4, 0.5) is 4.79 Å². The summed E-state index contributed by atoms with van der Waals surface area (Å²) >= 11 is 0. The normalized spacial score (nSPS) is 4.80. The van der Waals surface area contributed by atoms with Crippen molar-refractivity contribution >= 4 is 6.16 Å². The molecule has 0 N–H and O–H groups in total. The Labute approximate surface area is 42.9 Å². The molecule has 0 aromatic carbocycles. The maximum atomic E-state index is 8.33. The molecule has 0 bridgehead atoms. The van der Waals surface area contributed by atoms with Gasteiger partial charge in [-0.05, 0) is 6.16 Å². The van der Waals surface area contributed by atoms with Gasteiger partial charge in [-0.1, -0.05) is 0 Å². The van der Waals surface area contributed by atoms with Crippen LogP contribution in [0.25, 0.3) is 0 Å². The molecule has 0 aliphatic heterocycles. The number of carbonyl (C=O) groups excluding carboxylic acids is 1. The first-order chi connectivity index (χ1) is 1.73. The summed E-state index contributed by atoms with van der Waals surface area (Å²) in [5.74, 6) is 0. The van der Waals surface area contributed by atoms with E-state index < -0.39 is 6.16 Å². The fourth-order valence-corrected chi connectivity index (χ4v) is 0. The molecule has 3 nitrogen and oxygen atoms in total. The van der Waals surface area contributed by atoms with Gasteiger partial charge in [-0.25, -0.2) is 0 Å². The minimum atomic E-state index is -2.33. The first-order valence-corrected chi connectivity index (χ1v) is 0.612. The maximum Gasteiger partial charge on any atom is 2.00 e. The molecular weight excluding hydrogens is 244 g/mol. The molecule has 0 atom stereocenters. The van der Waals surface area contributed by atoms with Crippen LogP contribution in [0, 0.1) is 0 Å². The second kappa shape index (κ2) is 3.96. The van der Waals surface area contributed by atoms with Crippen LogP contribution in [0.2, 0.25) is 0 Å². The largest absolute Gasteiger partial charge is 2.00 e. The van der Waals surface area contributed by atoms with Gasteiger partial charge in [0.25, 0.3) is 0 Å². The van der Waals surface area contributed by atoms with E-state index in [9.17, 15) is 0 Å². The Morgan fingerprint density at radius 1 is 1.40 bits per heavy atom. The van der Waals surface area contributed by atoms with Crippen LogP contribution in [-0.2, 0) is 21.1 Å². The quantitative estimate of drug-likeness (QED) is 0.475. The molecule has 0 heterocycles. The van der Waals surface area contributed by atoms with Gasteiger partial charge in [0, 0.05) is 0 Å². The van der Waals surface area contributed by atoms with E-state index in [1.807, 2.05) is 0 Å². The van der Waals surface area contributed by atoms with Crippen LogP contribution < -0.4 is 10.2 Å². The number of carbonyl (C=O) groups is 1. The molecule has 0 aromatic heterocycles. The molecule has 4 heteroatoms. The molecule has 0 saturated carbocycles. The van der Waals surface area contributed by atoms with E-state index in [1.165, 1.54) is 0 Å². The third-order valence-electron chi connectivity index (χ3n) is 0. The van der Waals surface area contributed by atoms with Gasteiger partial charge < -0.3 is 15.0 Å². The molecular formula is CO3W. The van der Waals surface area contributed by atoms with Crippen LogP contribution in [0.1, 0.15) is 0 Å². The van der Waals surface area contributed by atoms with Gasteiger partial charge >= 0.3 is 21.1 Å². The van der Waals surface area contributed by atoms with Crippen molar-refractivity contribution in [2.45, 2.75) is 0 Å². The topological polar surface area (TPSA) is 63.2 Å². The zero-order valence-corrected chi connectivity index (χ0v) is 5.07. The monoisotopic (exact) mass is 244 g/mol. The van der Waals surface area contributed by atoms with Gasteiger partial charge in [0.05, 0.1) is 0 Å². The van der Waals surface area contributed by atoms with E-state index in [4.69, 9.17) is 15.0 Å². The van der Waals surface area contributed by atoms with Gasteiger partial charge in [0.1, 0.15) is 0 Å². The van der Waals surface area contributed by atoms with Gasteiger partial charge in [0.15, 0.2) is 0 Å². The Kier molecular flexibility index (Phi) is 7.03. The molecule has 0 spiro atoms. The van der Waals surface area contributed by atoms with Gasteiger partial charge in [-0.3, -0.25) is 0 Å². The second-order valence-corrected chi connectivity index (χ2v) is 0.250. The Hall–Kier alpha value is -0.0417. The van der Waals surface area contributed by atoms with Gasteiger partial charge in [0.2, 0.25) is 0 Å². The molecule has 0 aliphatic carbocycles. The third kappa shape index (κ3) is 8730. The van der Waals surface area contributed by atoms with Gasteiger partial charge in [-0.2, -0.15) is 0 Å². The standard InChI is InChI=1S/CH2O3.W/c2-1(3)4;/h(H2,2,3,4);/q;+2/p-2. The summed E-state index contributed by atoms with van der Waals surface area (Å²) < 4.78 is 0. The Morgan fingerprint density at radius 2 is 1.40 bits per heavy atom. The van der Waals surface area contributed by atoms with Crippen LogP contribution in [0.3, 0.4) is 0 Å². The van der Waals surface area contributed by atoms with E-state index >= 15 is 0 Å². The van der Waals surface area contributed by atoms with Crippen molar-refractivity contribution in [2.75, 3.05) is 0 Å². The van der Waals surface area contributed by atoms with E-state index in [0.29, 0.717) is 0 Å². The zero-order valence-electron chi connectivity index (χ0n) is 2.13. The summed E-state index contributed by atoms with van der Waals surface area (Å²) in [6.07, 6.45) is -2.33. The smallest absolute Gasteiger partial charge is 0.652 e. The Balaban J connectivity index is 0. The number of hydrogen-bond acceptors (Lipinski definition) is 3. The molecule has 0 rings (SSSR count). The molecule has 5 heavy (non-hydrogen) atoms.